The minimum atomic E-state index is -0.527. The number of aliphatic hydroxyl groups excluding tert-OH is 2. The maximum atomic E-state index is 10.7. The number of likely N-dealkylation sites (tertiary alicyclic amines) is 1. The van der Waals surface area contributed by atoms with Crippen LogP contribution in [-0.2, 0) is 4.74 Å². The molecule has 1 aliphatic heterocycles. The third kappa shape index (κ3) is 6.05. The second-order valence-electron chi connectivity index (χ2n) is 8.66. The Labute approximate surface area is 191 Å². The highest BCUT2D eigenvalue weighted by Gasteiger charge is 2.29. The van der Waals surface area contributed by atoms with Gasteiger partial charge in [0, 0.05) is 19.7 Å². The van der Waals surface area contributed by atoms with Gasteiger partial charge < -0.3 is 14.9 Å². The molecule has 3 aromatic rings. The van der Waals surface area contributed by atoms with Gasteiger partial charge in [0.2, 0.25) is 0 Å². The predicted octanol–water partition coefficient (Wildman–Crippen LogP) is 4.60. The fraction of sp³-hybridized carbons (Fsp3) is 0.357. The van der Waals surface area contributed by atoms with Crippen molar-refractivity contribution in [2.45, 2.75) is 31.2 Å². The lowest BCUT2D eigenvalue weighted by molar-refractivity contribution is -0.0154. The summed E-state index contributed by atoms with van der Waals surface area (Å²) in [6.45, 7) is 2.62. The predicted molar refractivity (Wildman–Crippen MR) is 127 cm³/mol. The Morgan fingerprint density at radius 1 is 0.812 bits per heavy atom. The van der Waals surface area contributed by atoms with Crippen molar-refractivity contribution < 1.29 is 14.9 Å². The van der Waals surface area contributed by atoms with Gasteiger partial charge in [0.05, 0.1) is 12.2 Å². The summed E-state index contributed by atoms with van der Waals surface area (Å²) in [6, 6.07) is 30.3. The molecule has 1 heterocycles. The van der Waals surface area contributed by atoms with Gasteiger partial charge in [0.1, 0.15) is 6.10 Å². The van der Waals surface area contributed by atoms with E-state index < -0.39 is 12.2 Å². The lowest BCUT2D eigenvalue weighted by Crippen LogP contribution is -2.45. The highest BCUT2D eigenvalue weighted by Crippen LogP contribution is 2.28. The second kappa shape index (κ2) is 11.4. The molecule has 1 aliphatic rings. The SMILES string of the molecule is O[C@@H]1CN(C[C@H](O)c2ccccc2)CC[C@H]1CCOC(c1ccccc1)c1ccccc1. The fourth-order valence-electron chi connectivity index (χ4n) is 4.55. The number of nitrogens with zero attached hydrogens (tertiary/aromatic N) is 1. The fourth-order valence-corrected chi connectivity index (χ4v) is 4.55. The summed E-state index contributed by atoms with van der Waals surface area (Å²) in [4.78, 5) is 2.16. The average molecular weight is 432 g/mol. The van der Waals surface area contributed by atoms with Crippen LogP contribution in [0.2, 0.25) is 0 Å². The summed E-state index contributed by atoms with van der Waals surface area (Å²) < 4.78 is 6.35. The number of hydrogen-bond acceptors (Lipinski definition) is 4. The van der Waals surface area contributed by atoms with Crippen molar-refractivity contribution in [1.82, 2.24) is 4.90 Å². The maximum Gasteiger partial charge on any atom is 0.108 e. The van der Waals surface area contributed by atoms with Crippen LogP contribution in [0.5, 0.6) is 0 Å². The zero-order valence-electron chi connectivity index (χ0n) is 18.5. The van der Waals surface area contributed by atoms with Crippen molar-refractivity contribution in [3.63, 3.8) is 0 Å². The highest BCUT2D eigenvalue weighted by atomic mass is 16.5. The van der Waals surface area contributed by atoms with Crippen LogP contribution in [0.4, 0.5) is 0 Å². The van der Waals surface area contributed by atoms with Gasteiger partial charge in [0.15, 0.2) is 0 Å². The van der Waals surface area contributed by atoms with Crippen molar-refractivity contribution in [1.29, 1.82) is 0 Å². The Morgan fingerprint density at radius 2 is 1.34 bits per heavy atom. The molecule has 3 aromatic carbocycles. The number of aliphatic hydroxyl groups is 2. The Morgan fingerprint density at radius 3 is 1.88 bits per heavy atom. The summed E-state index contributed by atoms with van der Waals surface area (Å²) in [5.74, 6) is 0.215. The molecular formula is C28H33NO3. The van der Waals surface area contributed by atoms with Crippen molar-refractivity contribution in [2.75, 3.05) is 26.2 Å². The van der Waals surface area contributed by atoms with E-state index in [2.05, 4.69) is 29.2 Å². The summed E-state index contributed by atoms with van der Waals surface area (Å²) in [6.07, 6.45) is 0.707. The van der Waals surface area contributed by atoms with Crippen molar-refractivity contribution in [3.8, 4) is 0 Å². The molecule has 0 spiro atoms. The normalized spacial score (nSPS) is 20.3. The van der Waals surface area contributed by atoms with Gasteiger partial charge in [-0.05, 0) is 42.0 Å². The number of piperidine rings is 1. The number of ether oxygens (including phenoxy) is 1. The van der Waals surface area contributed by atoms with Crippen LogP contribution in [-0.4, -0.2) is 47.5 Å². The number of hydrogen-bond donors (Lipinski definition) is 2. The summed E-state index contributed by atoms with van der Waals surface area (Å²) >= 11 is 0. The van der Waals surface area contributed by atoms with Crippen molar-refractivity contribution >= 4 is 0 Å². The van der Waals surface area contributed by atoms with Gasteiger partial charge in [0.25, 0.3) is 0 Å². The van der Waals surface area contributed by atoms with E-state index in [-0.39, 0.29) is 12.0 Å². The molecule has 4 heteroatoms. The molecule has 0 aliphatic carbocycles. The quantitative estimate of drug-likeness (QED) is 0.520. The third-order valence-corrected chi connectivity index (χ3v) is 6.40. The molecule has 0 unspecified atom stereocenters. The molecule has 3 atom stereocenters. The molecule has 2 N–H and O–H groups in total. The Bertz CT molecular complexity index is 880. The molecule has 4 nitrogen and oxygen atoms in total. The minimum absolute atomic E-state index is 0.101. The van der Waals surface area contributed by atoms with E-state index in [4.69, 9.17) is 4.74 Å². The van der Waals surface area contributed by atoms with Gasteiger partial charge in [-0.25, -0.2) is 0 Å². The number of rotatable bonds is 9. The van der Waals surface area contributed by atoms with Crippen molar-refractivity contribution in [3.05, 3.63) is 108 Å². The highest BCUT2D eigenvalue weighted by molar-refractivity contribution is 5.29. The van der Waals surface area contributed by atoms with Crippen LogP contribution in [0.25, 0.3) is 0 Å². The maximum absolute atomic E-state index is 10.7. The first kappa shape index (κ1) is 22.7. The molecule has 0 amide bonds. The largest absolute Gasteiger partial charge is 0.392 e. The molecule has 1 saturated heterocycles. The number of β-amino-alcohol motifs (C(OH)–C–C–N with tert-alkyl or cyclic N) is 2. The molecule has 32 heavy (non-hydrogen) atoms. The lowest BCUT2D eigenvalue weighted by atomic mass is 9.90. The molecule has 168 valence electrons. The molecule has 4 rings (SSSR count). The summed E-state index contributed by atoms with van der Waals surface area (Å²) in [7, 11) is 0. The van der Waals surface area contributed by atoms with Gasteiger partial charge in [-0.15, -0.1) is 0 Å². The van der Waals surface area contributed by atoms with E-state index in [9.17, 15) is 10.2 Å². The molecule has 1 fully saturated rings. The minimum Gasteiger partial charge on any atom is -0.392 e. The number of benzene rings is 3. The van der Waals surface area contributed by atoms with E-state index in [1.54, 1.807) is 0 Å². The van der Waals surface area contributed by atoms with Gasteiger partial charge in [-0.3, -0.25) is 4.90 Å². The first-order valence-corrected chi connectivity index (χ1v) is 11.6. The molecule has 0 radical (unpaired) electrons. The van der Waals surface area contributed by atoms with Gasteiger partial charge >= 0.3 is 0 Å². The van der Waals surface area contributed by atoms with Crippen LogP contribution >= 0.6 is 0 Å². The van der Waals surface area contributed by atoms with E-state index in [0.29, 0.717) is 19.7 Å². The van der Waals surface area contributed by atoms with Gasteiger partial charge in [-0.2, -0.15) is 0 Å². The zero-order valence-corrected chi connectivity index (χ0v) is 18.5. The van der Waals surface area contributed by atoms with Crippen LogP contribution in [0.15, 0.2) is 91.0 Å². The molecule has 0 bridgehead atoms. The first-order valence-electron chi connectivity index (χ1n) is 11.6. The molecular weight excluding hydrogens is 398 g/mol. The van der Waals surface area contributed by atoms with Crippen LogP contribution in [0, 0.1) is 5.92 Å². The summed E-state index contributed by atoms with van der Waals surface area (Å²) in [5.41, 5.74) is 3.21. The second-order valence-corrected chi connectivity index (χ2v) is 8.66. The Balaban J connectivity index is 1.28. The van der Waals surface area contributed by atoms with Gasteiger partial charge in [-0.1, -0.05) is 91.0 Å². The van der Waals surface area contributed by atoms with E-state index >= 15 is 0 Å². The third-order valence-electron chi connectivity index (χ3n) is 6.40. The average Bonchev–Trinajstić information content (AvgIpc) is 2.84. The zero-order chi connectivity index (χ0) is 22.2. The van der Waals surface area contributed by atoms with Crippen LogP contribution in [0.1, 0.15) is 41.7 Å². The van der Waals surface area contributed by atoms with Crippen molar-refractivity contribution in [2.24, 2.45) is 5.92 Å². The van der Waals surface area contributed by atoms with E-state index in [1.807, 2.05) is 66.7 Å². The molecule has 0 saturated carbocycles. The van der Waals surface area contributed by atoms with Crippen LogP contribution in [0.3, 0.4) is 0 Å². The monoisotopic (exact) mass is 431 g/mol. The standard InChI is InChI=1S/C28H33NO3/c30-26(22-10-4-1-5-11-22)20-29-18-16-23(27(31)21-29)17-19-32-28(24-12-6-2-7-13-24)25-14-8-3-9-15-25/h1-15,23,26-28,30-31H,16-21H2/t23-,26-,27+/m0/s1. The smallest absolute Gasteiger partial charge is 0.108 e. The lowest BCUT2D eigenvalue weighted by Gasteiger charge is -2.37. The van der Waals surface area contributed by atoms with E-state index in [0.717, 1.165) is 36.1 Å². The molecule has 0 aromatic heterocycles. The topological polar surface area (TPSA) is 52.9 Å². The summed E-state index contributed by atoms with van der Waals surface area (Å²) in [5, 5.41) is 21.2. The Kier molecular flexibility index (Phi) is 8.07. The van der Waals surface area contributed by atoms with E-state index in [1.165, 1.54) is 0 Å². The first-order chi connectivity index (χ1) is 15.7. The Hall–Kier alpha value is -2.50. The van der Waals surface area contributed by atoms with Crippen LogP contribution < -0.4 is 0 Å².